The molecule has 1 nitrogen and oxygen atoms in total. The molecule has 0 spiro atoms. The van der Waals surface area contributed by atoms with Crippen LogP contribution in [0.25, 0.3) is 5.70 Å². The molecule has 0 aliphatic heterocycles. The summed E-state index contributed by atoms with van der Waals surface area (Å²) in [5.74, 6) is 0. The second-order valence-electron chi connectivity index (χ2n) is 5.80. The van der Waals surface area contributed by atoms with Gasteiger partial charge in [0.2, 0.25) is 0 Å². The Balaban J connectivity index is 0.00000161. The Morgan fingerprint density at radius 2 is 1.43 bits per heavy atom. The summed E-state index contributed by atoms with van der Waals surface area (Å²) in [5.41, 5.74) is 6.20. The van der Waals surface area contributed by atoms with Crippen LogP contribution < -0.4 is 29.7 Å². The molecule has 2 aromatic rings. The quantitative estimate of drug-likeness (QED) is 0.557. The van der Waals surface area contributed by atoms with Crippen LogP contribution in [0.4, 0.5) is 5.69 Å². The van der Waals surface area contributed by atoms with Crippen molar-refractivity contribution in [1.29, 1.82) is 0 Å². The van der Waals surface area contributed by atoms with Gasteiger partial charge in [-0.05, 0) is 23.2 Å². The van der Waals surface area contributed by atoms with E-state index in [1.54, 1.807) is 0 Å². The van der Waals surface area contributed by atoms with Crippen molar-refractivity contribution < 1.29 is 46.5 Å². The van der Waals surface area contributed by atoms with Crippen molar-refractivity contribution in [2.24, 2.45) is 0 Å². The average molecular weight is 398 g/mol. The van der Waals surface area contributed by atoms with Gasteiger partial charge in [-0.3, -0.25) is 0 Å². The second kappa shape index (κ2) is 9.71. The van der Waals surface area contributed by atoms with Gasteiger partial charge >= 0.3 is 21.7 Å². The van der Waals surface area contributed by atoms with Gasteiger partial charge in [-0.25, -0.2) is 0 Å². The monoisotopic (exact) mass is 397 g/mol. The third-order valence-electron chi connectivity index (χ3n) is 4.16. The molecule has 23 heavy (non-hydrogen) atoms. The molecule has 3 rings (SSSR count). The fraction of sp³-hybridized carbons (Fsp3) is 0.222. The fourth-order valence-corrected chi connectivity index (χ4v) is 4.58. The first-order valence-corrected chi connectivity index (χ1v) is 10.3. The summed E-state index contributed by atoms with van der Waals surface area (Å²) in [6.45, 7) is 4.87. The van der Waals surface area contributed by atoms with Crippen LogP contribution >= 0.6 is 0 Å². The van der Waals surface area contributed by atoms with Gasteiger partial charge in [0.1, 0.15) is 0 Å². The molecular weight excluding hydrogens is 377 g/mol. The Bertz CT molecular complexity index is 646. The van der Waals surface area contributed by atoms with Gasteiger partial charge in [0.25, 0.3) is 0 Å². The summed E-state index contributed by atoms with van der Waals surface area (Å²) in [7, 11) is 1.43. The zero-order chi connectivity index (χ0) is 14.1. The minimum atomic E-state index is -0.737. The van der Waals surface area contributed by atoms with Crippen molar-refractivity contribution in [2.45, 2.75) is 18.6 Å². The third kappa shape index (κ3) is 4.52. The summed E-state index contributed by atoms with van der Waals surface area (Å²) < 4.78 is 0. The maximum absolute atomic E-state index is 2.48. The number of nitrogens with zero attached hydrogens (tertiary/aromatic N) is 1. The topological polar surface area (TPSA) is 3.24 Å². The Kier molecular flexibility index (Phi) is 9.49. The van der Waals surface area contributed by atoms with Crippen LogP contribution in [0.15, 0.2) is 60.7 Å². The van der Waals surface area contributed by atoms with Crippen molar-refractivity contribution in [3.05, 3.63) is 71.8 Å². The van der Waals surface area contributed by atoms with Gasteiger partial charge < -0.3 is 29.7 Å². The van der Waals surface area contributed by atoms with Crippen LogP contribution in [0, 0.1) is 0 Å². The SMILES string of the molecule is CN(C1=CC([SiH](C)C)c2ccccc21)c1ccccc1.[Cl-].[Cl-].[Ti+2]. The average Bonchev–Trinajstić information content (AvgIpc) is 2.87. The van der Waals surface area contributed by atoms with Crippen LogP contribution in [0.2, 0.25) is 13.1 Å². The molecule has 0 saturated heterocycles. The predicted octanol–water partition coefficient (Wildman–Crippen LogP) is -1.71. The third-order valence-corrected chi connectivity index (χ3v) is 6.14. The number of allylic oxidation sites excluding steroid dienone is 1. The molecular formula is C18H21Cl2NSiTi. The Hall–Kier alpha value is -0.509. The van der Waals surface area contributed by atoms with Gasteiger partial charge in [0.15, 0.2) is 0 Å². The van der Waals surface area contributed by atoms with Crippen molar-refractivity contribution in [2.75, 3.05) is 11.9 Å². The Morgan fingerprint density at radius 1 is 0.870 bits per heavy atom. The van der Waals surface area contributed by atoms with E-state index in [0.717, 1.165) is 0 Å². The number of hydrogen-bond donors (Lipinski definition) is 0. The molecule has 0 radical (unpaired) electrons. The van der Waals surface area contributed by atoms with E-state index in [9.17, 15) is 0 Å². The number of halogens is 2. The van der Waals surface area contributed by atoms with Crippen LogP contribution in [0.5, 0.6) is 0 Å². The second-order valence-corrected chi connectivity index (χ2v) is 9.01. The fourth-order valence-electron chi connectivity index (χ4n) is 3.01. The smallest absolute Gasteiger partial charge is 1.00 e. The van der Waals surface area contributed by atoms with E-state index in [0.29, 0.717) is 5.54 Å². The molecule has 1 aliphatic carbocycles. The van der Waals surface area contributed by atoms with Gasteiger partial charge in [0, 0.05) is 32.8 Å². The first-order valence-electron chi connectivity index (χ1n) is 7.28. The molecule has 0 heterocycles. The summed E-state index contributed by atoms with van der Waals surface area (Å²) >= 11 is 0. The number of fused-ring (bicyclic) bond motifs is 1. The van der Waals surface area contributed by atoms with E-state index >= 15 is 0 Å². The Morgan fingerprint density at radius 3 is 2.04 bits per heavy atom. The van der Waals surface area contributed by atoms with Crippen molar-refractivity contribution in [3.63, 3.8) is 0 Å². The summed E-state index contributed by atoms with van der Waals surface area (Å²) in [5, 5.41) is 0. The summed E-state index contributed by atoms with van der Waals surface area (Å²) in [6, 6.07) is 19.5. The zero-order valence-corrected chi connectivity index (χ0v) is 17.9. The number of rotatable bonds is 3. The molecule has 0 N–H and O–H groups in total. The van der Waals surface area contributed by atoms with E-state index in [1.165, 1.54) is 22.5 Å². The maximum Gasteiger partial charge on any atom is 2.00 e. The van der Waals surface area contributed by atoms with Crippen LogP contribution in [-0.4, -0.2) is 15.8 Å². The van der Waals surface area contributed by atoms with Crippen molar-refractivity contribution in [1.82, 2.24) is 0 Å². The maximum atomic E-state index is 2.48. The number of anilines is 1. The first kappa shape index (κ1) is 22.5. The zero-order valence-electron chi connectivity index (χ0n) is 13.6. The number of para-hydroxylation sites is 1. The first-order chi connectivity index (χ1) is 9.68. The molecule has 2 aromatic carbocycles. The van der Waals surface area contributed by atoms with Gasteiger partial charge in [-0.1, -0.05) is 61.6 Å². The molecule has 0 bridgehead atoms. The van der Waals surface area contributed by atoms with E-state index in [2.05, 4.69) is 85.7 Å². The van der Waals surface area contributed by atoms with Crippen molar-refractivity contribution >= 4 is 20.2 Å². The van der Waals surface area contributed by atoms with E-state index < -0.39 is 8.80 Å². The van der Waals surface area contributed by atoms with Crippen molar-refractivity contribution in [3.8, 4) is 0 Å². The molecule has 1 unspecified atom stereocenters. The van der Waals surface area contributed by atoms with E-state index in [4.69, 9.17) is 0 Å². The summed E-state index contributed by atoms with van der Waals surface area (Å²) in [6.07, 6.45) is 2.48. The largest absolute Gasteiger partial charge is 2.00 e. The molecule has 0 fully saturated rings. The molecule has 0 saturated carbocycles. The minimum Gasteiger partial charge on any atom is -1.00 e. The molecule has 0 amide bonds. The van der Waals surface area contributed by atoms with Gasteiger partial charge in [-0.15, -0.1) is 0 Å². The molecule has 1 atom stereocenters. The molecule has 120 valence electrons. The molecule has 0 aromatic heterocycles. The minimum absolute atomic E-state index is 0. The Labute approximate surface area is 168 Å². The number of benzene rings is 2. The van der Waals surface area contributed by atoms with Gasteiger partial charge in [-0.2, -0.15) is 0 Å². The van der Waals surface area contributed by atoms with E-state index in [-0.39, 0.29) is 46.5 Å². The van der Waals surface area contributed by atoms with Crippen LogP contribution in [0.1, 0.15) is 16.7 Å². The molecule has 1 aliphatic rings. The predicted molar refractivity (Wildman–Crippen MR) is 90.9 cm³/mol. The summed E-state index contributed by atoms with van der Waals surface area (Å²) in [4.78, 5) is 2.32. The van der Waals surface area contributed by atoms with Crippen LogP contribution in [-0.2, 0) is 21.7 Å². The number of hydrogen-bond acceptors (Lipinski definition) is 1. The standard InChI is InChI=1S/C18H21NSi.2ClH.Ti/c1-19(14-9-5-4-6-10-14)17-13-18(20(2)3)16-12-8-7-11-15(16)17;;;/h4-13,18,20H,1-3H3;2*1H;/q;;;+2/p-2. The van der Waals surface area contributed by atoms with E-state index in [1.807, 2.05) is 0 Å². The van der Waals surface area contributed by atoms with Crippen LogP contribution in [0.3, 0.4) is 0 Å². The normalized spacial score (nSPS) is 14.8. The van der Waals surface area contributed by atoms with Gasteiger partial charge in [0.05, 0.1) is 0 Å². The molecule has 5 heteroatoms.